The fourth-order valence-electron chi connectivity index (χ4n) is 3.50. The van der Waals surface area contributed by atoms with Crippen molar-refractivity contribution >= 4 is 27.5 Å². The highest BCUT2D eigenvalue weighted by atomic mass is 32.1. The molecule has 0 saturated carbocycles. The van der Waals surface area contributed by atoms with Crippen LogP contribution in [0.25, 0.3) is 10.2 Å². The minimum Gasteiger partial charge on any atom is -0.355 e. The molecule has 2 aromatic carbocycles. The van der Waals surface area contributed by atoms with Gasteiger partial charge in [0.05, 0.1) is 21.3 Å². The molecule has 5 heteroatoms. The number of carbonyl (C=O) groups is 1. The van der Waals surface area contributed by atoms with Crippen LogP contribution in [-0.2, 0) is 11.2 Å². The monoisotopic (exact) mass is 365 g/mol. The molecule has 1 aliphatic rings. The van der Waals surface area contributed by atoms with Crippen LogP contribution in [0, 0.1) is 0 Å². The third kappa shape index (κ3) is 3.94. The maximum Gasteiger partial charge on any atom is 0.237 e. The van der Waals surface area contributed by atoms with E-state index in [0.717, 1.165) is 36.2 Å². The van der Waals surface area contributed by atoms with Crippen LogP contribution < -0.4 is 10.6 Å². The van der Waals surface area contributed by atoms with E-state index in [1.807, 2.05) is 36.4 Å². The van der Waals surface area contributed by atoms with Crippen molar-refractivity contribution in [2.24, 2.45) is 0 Å². The molecule has 0 spiro atoms. The lowest BCUT2D eigenvalue weighted by Crippen LogP contribution is -2.41. The summed E-state index contributed by atoms with van der Waals surface area (Å²) in [7, 11) is 0. The number of hydrogen-bond donors (Lipinski definition) is 2. The third-order valence-electron chi connectivity index (χ3n) is 4.87. The summed E-state index contributed by atoms with van der Waals surface area (Å²) in [5.74, 6) is 0.118. The molecule has 0 radical (unpaired) electrons. The minimum absolute atomic E-state index is 0.0809. The van der Waals surface area contributed by atoms with Gasteiger partial charge in [-0.15, -0.1) is 11.3 Å². The molecule has 1 aromatic heterocycles. The van der Waals surface area contributed by atoms with E-state index in [1.54, 1.807) is 11.3 Å². The molecule has 1 fully saturated rings. The maximum atomic E-state index is 12.4. The normalized spacial score (nSPS) is 19.7. The smallest absolute Gasteiger partial charge is 0.237 e. The third-order valence-corrected chi connectivity index (χ3v) is 5.97. The number of aromatic nitrogens is 1. The van der Waals surface area contributed by atoms with Crippen molar-refractivity contribution in [1.82, 2.24) is 15.6 Å². The molecular weight excluding hydrogens is 342 g/mol. The van der Waals surface area contributed by atoms with Crippen molar-refractivity contribution in [2.75, 3.05) is 6.54 Å². The van der Waals surface area contributed by atoms with E-state index in [-0.39, 0.29) is 18.0 Å². The van der Waals surface area contributed by atoms with Crippen LogP contribution in [0.1, 0.15) is 35.9 Å². The van der Waals surface area contributed by atoms with E-state index in [2.05, 4.69) is 33.8 Å². The SMILES string of the molecule is O=C(NCCCc1nc2ccccc2s1)[C@H]1CC[C@H](c2ccccc2)N1. The molecule has 26 heavy (non-hydrogen) atoms. The second-order valence-electron chi connectivity index (χ2n) is 6.73. The average Bonchev–Trinajstić information content (AvgIpc) is 3.32. The molecule has 134 valence electrons. The lowest BCUT2D eigenvalue weighted by Gasteiger charge is -2.14. The summed E-state index contributed by atoms with van der Waals surface area (Å²) in [5.41, 5.74) is 2.33. The number of fused-ring (bicyclic) bond motifs is 1. The predicted molar refractivity (Wildman–Crippen MR) is 106 cm³/mol. The summed E-state index contributed by atoms with van der Waals surface area (Å²) in [5, 5.41) is 7.68. The van der Waals surface area contributed by atoms with Gasteiger partial charge < -0.3 is 5.32 Å². The van der Waals surface area contributed by atoms with Crippen molar-refractivity contribution in [1.29, 1.82) is 0 Å². The van der Waals surface area contributed by atoms with Gasteiger partial charge in [-0.1, -0.05) is 42.5 Å². The van der Waals surface area contributed by atoms with E-state index >= 15 is 0 Å². The van der Waals surface area contributed by atoms with Gasteiger partial charge in [0.1, 0.15) is 0 Å². The Bertz CT molecular complexity index is 844. The van der Waals surface area contributed by atoms with Gasteiger partial charge in [-0.3, -0.25) is 10.1 Å². The van der Waals surface area contributed by atoms with Crippen molar-refractivity contribution < 1.29 is 4.79 Å². The summed E-state index contributed by atoms with van der Waals surface area (Å²) in [6, 6.07) is 18.8. The number of benzene rings is 2. The summed E-state index contributed by atoms with van der Waals surface area (Å²) >= 11 is 1.74. The van der Waals surface area contributed by atoms with Crippen molar-refractivity contribution in [3.63, 3.8) is 0 Å². The zero-order chi connectivity index (χ0) is 17.8. The molecule has 1 aliphatic heterocycles. The maximum absolute atomic E-state index is 12.4. The van der Waals surface area contributed by atoms with Gasteiger partial charge in [-0.05, 0) is 37.0 Å². The molecule has 4 rings (SSSR count). The molecule has 1 saturated heterocycles. The Morgan fingerprint density at radius 3 is 2.77 bits per heavy atom. The first-order valence-corrected chi connectivity index (χ1v) is 10.0. The molecule has 2 atom stereocenters. The zero-order valence-electron chi connectivity index (χ0n) is 14.7. The lowest BCUT2D eigenvalue weighted by molar-refractivity contribution is -0.122. The number of thiazole rings is 1. The van der Waals surface area contributed by atoms with Crippen LogP contribution >= 0.6 is 11.3 Å². The predicted octanol–water partition coefficient (Wildman–Crippen LogP) is 3.84. The highest BCUT2D eigenvalue weighted by molar-refractivity contribution is 7.18. The van der Waals surface area contributed by atoms with E-state index < -0.39 is 0 Å². The van der Waals surface area contributed by atoms with E-state index in [1.165, 1.54) is 10.3 Å². The standard InChI is InChI=1S/C21H23N3OS/c25-21(18-13-12-16(23-18)15-7-2-1-3-8-15)22-14-6-11-20-24-17-9-4-5-10-19(17)26-20/h1-5,7-10,16,18,23H,6,11-14H2,(H,22,25)/t16-,18-/m1/s1. The number of rotatable bonds is 6. The second-order valence-corrected chi connectivity index (χ2v) is 7.84. The van der Waals surface area contributed by atoms with Gasteiger partial charge in [0.15, 0.2) is 0 Å². The number of para-hydroxylation sites is 1. The molecular formula is C21H23N3OS. The van der Waals surface area contributed by atoms with Crippen LogP contribution in [0.2, 0.25) is 0 Å². The summed E-state index contributed by atoms with van der Waals surface area (Å²) < 4.78 is 1.23. The van der Waals surface area contributed by atoms with Crippen LogP contribution in [0.5, 0.6) is 0 Å². The van der Waals surface area contributed by atoms with Crippen LogP contribution in [0.15, 0.2) is 54.6 Å². The van der Waals surface area contributed by atoms with Crippen LogP contribution in [0.3, 0.4) is 0 Å². The van der Waals surface area contributed by atoms with Crippen LogP contribution in [-0.4, -0.2) is 23.5 Å². The van der Waals surface area contributed by atoms with Gasteiger partial charge in [0.2, 0.25) is 5.91 Å². The molecule has 1 amide bonds. The number of nitrogens with one attached hydrogen (secondary N) is 2. The van der Waals surface area contributed by atoms with Crippen molar-refractivity contribution in [3.8, 4) is 0 Å². The van der Waals surface area contributed by atoms with Crippen LogP contribution in [0.4, 0.5) is 0 Å². The van der Waals surface area contributed by atoms with E-state index in [0.29, 0.717) is 6.54 Å². The Labute approximate surface area is 157 Å². The number of aryl methyl sites for hydroxylation is 1. The van der Waals surface area contributed by atoms with E-state index in [9.17, 15) is 4.79 Å². The number of amides is 1. The highest BCUT2D eigenvalue weighted by Crippen LogP contribution is 2.26. The molecule has 4 nitrogen and oxygen atoms in total. The summed E-state index contributed by atoms with van der Waals surface area (Å²) in [6.45, 7) is 0.697. The highest BCUT2D eigenvalue weighted by Gasteiger charge is 2.29. The average molecular weight is 366 g/mol. The first-order chi connectivity index (χ1) is 12.8. The zero-order valence-corrected chi connectivity index (χ0v) is 15.5. The molecule has 0 bridgehead atoms. The summed E-state index contributed by atoms with van der Waals surface area (Å²) in [6.07, 6.45) is 3.72. The Morgan fingerprint density at radius 1 is 1.12 bits per heavy atom. The van der Waals surface area contributed by atoms with Gasteiger partial charge >= 0.3 is 0 Å². The van der Waals surface area contributed by atoms with Crippen molar-refractivity contribution in [3.05, 3.63) is 65.2 Å². The first kappa shape index (κ1) is 17.2. The van der Waals surface area contributed by atoms with Crippen molar-refractivity contribution in [2.45, 2.75) is 37.8 Å². The number of hydrogen-bond acceptors (Lipinski definition) is 4. The van der Waals surface area contributed by atoms with Gasteiger partial charge in [0.25, 0.3) is 0 Å². The Kier molecular flexibility index (Phi) is 5.27. The Morgan fingerprint density at radius 2 is 1.92 bits per heavy atom. The minimum atomic E-state index is -0.0809. The number of carbonyl (C=O) groups excluding carboxylic acids is 1. The molecule has 0 aliphatic carbocycles. The Balaban J connectivity index is 1.22. The van der Waals surface area contributed by atoms with Gasteiger partial charge in [-0.2, -0.15) is 0 Å². The van der Waals surface area contributed by atoms with E-state index in [4.69, 9.17) is 0 Å². The van der Waals surface area contributed by atoms with Gasteiger partial charge in [0, 0.05) is 19.0 Å². The topological polar surface area (TPSA) is 54.0 Å². The Hall–Kier alpha value is -2.24. The number of nitrogens with zero attached hydrogens (tertiary/aromatic N) is 1. The first-order valence-electron chi connectivity index (χ1n) is 9.23. The summed E-state index contributed by atoms with van der Waals surface area (Å²) in [4.78, 5) is 17.0. The largest absolute Gasteiger partial charge is 0.355 e. The fourth-order valence-corrected chi connectivity index (χ4v) is 4.51. The van der Waals surface area contributed by atoms with Gasteiger partial charge in [-0.25, -0.2) is 4.98 Å². The molecule has 0 unspecified atom stereocenters. The molecule has 2 N–H and O–H groups in total. The second kappa shape index (κ2) is 7.98. The quantitative estimate of drug-likeness (QED) is 0.653. The fraction of sp³-hybridized carbons (Fsp3) is 0.333. The molecule has 3 aromatic rings. The molecule has 2 heterocycles. The lowest BCUT2D eigenvalue weighted by atomic mass is 10.1.